The second kappa shape index (κ2) is 7.23. The van der Waals surface area contributed by atoms with Crippen LogP contribution >= 0.6 is 11.3 Å². The van der Waals surface area contributed by atoms with Crippen LogP contribution in [0.1, 0.15) is 69.0 Å². The topological polar surface area (TPSA) is 59.1 Å². The Morgan fingerprint density at radius 3 is 2.67 bits per heavy atom. The molecule has 1 N–H and O–H groups in total. The van der Waals surface area contributed by atoms with E-state index in [1.54, 1.807) is 18.2 Å². The maximum atomic E-state index is 12.6. The largest absolute Gasteiger partial charge is 0.263 e. The average molecular weight is 365 g/mol. The van der Waals surface area contributed by atoms with E-state index >= 15 is 0 Å². The molecule has 1 heterocycles. The van der Waals surface area contributed by atoms with Crippen LogP contribution in [0.15, 0.2) is 34.5 Å². The molecule has 6 heteroatoms. The Labute approximate surface area is 148 Å². The van der Waals surface area contributed by atoms with E-state index in [-0.39, 0.29) is 5.92 Å². The van der Waals surface area contributed by atoms with Crippen LogP contribution < -0.4 is 4.72 Å². The number of anilines is 1. The molecule has 0 unspecified atom stereocenters. The average Bonchev–Trinajstić information content (AvgIpc) is 3.03. The third kappa shape index (κ3) is 3.98. The molecular formula is C18H24N2O2S2. The van der Waals surface area contributed by atoms with Gasteiger partial charge in [0.25, 0.3) is 10.0 Å². The lowest BCUT2D eigenvalue weighted by Gasteiger charge is -2.19. The van der Waals surface area contributed by atoms with Crippen LogP contribution in [0.4, 0.5) is 5.13 Å². The Bertz CT molecular complexity index is 791. The van der Waals surface area contributed by atoms with Crippen LogP contribution in [-0.2, 0) is 10.0 Å². The summed E-state index contributed by atoms with van der Waals surface area (Å²) in [4.78, 5) is 4.82. The number of thiazole rings is 1. The predicted octanol–water partition coefficient (Wildman–Crippen LogP) is 5.12. The van der Waals surface area contributed by atoms with Gasteiger partial charge in [-0.25, -0.2) is 13.4 Å². The van der Waals surface area contributed by atoms with E-state index in [2.05, 4.69) is 23.6 Å². The lowest BCUT2D eigenvalue weighted by molar-refractivity contribution is 0.438. The Morgan fingerprint density at radius 2 is 1.96 bits per heavy atom. The fraction of sp³-hybridized carbons (Fsp3) is 0.500. The molecule has 1 fully saturated rings. The summed E-state index contributed by atoms with van der Waals surface area (Å²) in [5.41, 5.74) is 2.05. The minimum Gasteiger partial charge on any atom is -0.255 e. The van der Waals surface area contributed by atoms with E-state index in [1.165, 1.54) is 30.6 Å². The molecule has 2 aromatic rings. The Balaban J connectivity index is 1.77. The SMILES string of the molecule is CC(C)c1cccc(S(=O)(=O)Nc2nc(C3CCCCC3)cs2)c1. The van der Waals surface area contributed by atoms with Crippen LogP contribution in [0.5, 0.6) is 0 Å². The van der Waals surface area contributed by atoms with Crippen LogP contribution in [0.2, 0.25) is 0 Å². The van der Waals surface area contributed by atoms with Gasteiger partial charge < -0.3 is 0 Å². The predicted molar refractivity (Wildman–Crippen MR) is 99.3 cm³/mol. The molecular weight excluding hydrogens is 340 g/mol. The molecule has 0 bridgehead atoms. The zero-order chi connectivity index (χ0) is 17.2. The third-order valence-electron chi connectivity index (χ3n) is 4.60. The zero-order valence-corrected chi connectivity index (χ0v) is 15.8. The summed E-state index contributed by atoms with van der Waals surface area (Å²) in [7, 11) is -3.59. The smallest absolute Gasteiger partial charge is 0.255 e. The minimum atomic E-state index is -3.59. The molecule has 3 rings (SSSR count). The van der Waals surface area contributed by atoms with Crippen molar-refractivity contribution >= 4 is 26.5 Å². The van der Waals surface area contributed by atoms with Gasteiger partial charge in [0.15, 0.2) is 5.13 Å². The number of benzene rings is 1. The summed E-state index contributed by atoms with van der Waals surface area (Å²) in [6.45, 7) is 4.10. The first-order valence-electron chi connectivity index (χ1n) is 8.54. The molecule has 0 aliphatic heterocycles. The van der Waals surface area contributed by atoms with Crippen molar-refractivity contribution in [2.45, 2.75) is 62.7 Å². The van der Waals surface area contributed by atoms with Gasteiger partial charge >= 0.3 is 0 Å². The van der Waals surface area contributed by atoms with Crippen molar-refractivity contribution in [2.24, 2.45) is 0 Å². The first-order valence-corrected chi connectivity index (χ1v) is 10.9. The van der Waals surface area contributed by atoms with Crippen molar-refractivity contribution in [1.29, 1.82) is 0 Å². The van der Waals surface area contributed by atoms with Crippen molar-refractivity contribution in [2.75, 3.05) is 4.72 Å². The highest BCUT2D eigenvalue weighted by atomic mass is 32.2. The molecule has 24 heavy (non-hydrogen) atoms. The fourth-order valence-corrected chi connectivity index (χ4v) is 5.23. The van der Waals surface area contributed by atoms with Gasteiger partial charge in [-0.1, -0.05) is 45.2 Å². The molecule has 0 atom stereocenters. The summed E-state index contributed by atoms with van der Waals surface area (Å²) in [5.74, 6) is 0.774. The Morgan fingerprint density at radius 1 is 1.21 bits per heavy atom. The van der Waals surface area contributed by atoms with Crippen LogP contribution in [0.25, 0.3) is 0 Å². The number of rotatable bonds is 5. The van der Waals surface area contributed by atoms with Gasteiger partial charge in [-0.2, -0.15) is 0 Å². The van der Waals surface area contributed by atoms with Gasteiger partial charge in [0, 0.05) is 11.3 Å². The van der Waals surface area contributed by atoms with Gasteiger partial charge in [0.2, 0.25) is 0 Å². The number of sulfonamides is 1. The Hall–Kier alpha value is -1.40. The van der Waals surface area contributed by atoms with Crippen LogP contribution in [0, 0.1) is 0 Å². The quantitative estimate of drug-likeness (QED) is 0.801. The number of hydrogen-bond donors (Lipinski definition) is 1. The normalized spacial score (nSPS) is 16.5. The fourth-order valence-electron chi connectivity index (χ4n) is 3.13. The number of aromatic nitrogens is 1. The van der Waals surface area contributed by atoms with E-state index in [0.717, 1.165) is 24.1 Å². The number of hydrogen-bond acceptors (Lipinski definition) is 4. The molecule has 0 spiro atoms. The minimum absolute atomic E-state index is 0.290. The molecule has 1 saturated carbocycles. The first kappa shape index (κ1) is 17.4. The van der Waals surface area contributed by atoms with Crippen molar-refractivity contribution in [3.63, 3.8) is 0 Å². The molecule has 1 aromatic heterocycles. The molecule has 1 aliphatic rings. The molecule has 1 aromatic carbocycles. The second-order valence-electron chi connectivity index (χ2n) is 6.75. The van der Waals surface area contributed by atoms with Gasteiger partial charge in [-0.3, -0.25) is 4.72 Å². The van der Waals surface area contributed by atoms with Crippen LogP contribution in [0.3, 0.4) is 0 Å². The van der Waals surface area contributed by atoms with E-state index in [4.69, 9.17) is 0 Å². The summed E-state index contributed by atoms with van der Waals surface area (Å²) in [6, 6.07) is 7.11. The molecule has 4 nitrogen and oxygen atoms in total. The summed E-state index contributed by atoms with van der Waals surface area (Å²) in [6.07, 6.45) is 6.10. The van der Waals surface area contributed by atoms with Gasteiger partial charge in [0.05, 0.1) is 10.6 Å². The summed E-state index contributed by atoms with van der Waals surface area (Å²) in [5, 5.41) is 2.46. The lowest BCUT2D eigenvalue weighted by Crippen LogP contribution is -2.13. The molecule has 1 aliphatic carbocycles. The van der Waals surface area contributed by atoms with Crippen molar-refractivity contribution in [1.82, 2.24) is 4.98 Å². The lowest BCUT2D eigenvalue weighted by atomic mass is 9.87. The van der Waals surface area contributed by atoms with E-state index in [1.807, 2.05) is 11.4 Å². The standard InChI is InChI=1S/C18H24N2O2S2/c1-13(2)15-9-6-10-16(11-15)24(21,22)20-18-19-17(12-23-18)14-7-4-3-5-8-14/h6,9-14H,3-5,7-8H2,1-2H3,(H,19,20). The highest BCUT2D eigenvalue weighted by Gasteiger charge is 2.21. The molecule has 0 amide bonds. The molecule has 0 saturated heterocycles. The van der Waals surface area contributed by atoms with Gasteiger partial charge in [-0.15, -0.1) is 11.3 Å². The van der Waals surface area contributed by atoms with Crippen molar-refractivity contribution < 1.29 is 8.42 Å². The molecule has 0 radical (unpaired) electrons. The van der Waals surface area contributed by atoms with Crippen molar-refractivity contribution in [3.05, 3.63) is 40.9 Å². The number of nitrogens with one attached hydrogen (secondary N) is 1. The highest BCUT2D eigenvalue weighted by molar-refractivity contribution is 7.93. The number of nitrogens with zero attached hydrogens (tertiary/aromatic N) is 1. The van der Waals surface area contributed by atoms with Crippen LogP contribution in [-0.4, -0.2) is 13.4 Å². The van der Waals surface area contributed by atoms with Gasteiger partial charge in [-0.05, 0) is 36.5 Å². The van der Waals surface area contributed by atoms with E-state index in [9.17, 15) is 8.42 Å². The molecule has 130 valence electrons. The summed E-state index contributed by atoms with van der Waals surface area (Å²) < 4.78 is 27.9. The van der Waals surface area contributed by atoms with E-state index < -0.39 is 10.0 Å². The van der Waals surface area contributed by atoms with Crippen molar-refractivity contribution in [3.8, 4) is 0 Å². The Kier molecular flexibility index (Phi) is 5.25. The monoisotopic (exact) mass is 364 g/mol. The summed E-state index contributed by atoms with van der Waals surface area (Å²) >= 11 is 1.37. The maximum Gasteiger partial charge on any atom is 0.263 e. The van der Waals surface area contributed by atoms with E-state index in [0.29, 0.717) is 15.9 Å². The first-order chi connectivity index (χ1) is 11.5. The highest BCUT2D eigenvalue weighted by Crippen LogP contribution is 2.34. The second-order valence-corrected chi connectivity index (χ2v) is 9.29. The van der Waals surface area contributed by atoms with Gasteiger partial charge in [0.1, 0.15) is 0 Å². The maximum absolute atomic E-state index is 12.6. The third-order valence-corrected chi connectivity index (χ3v) is 6.84. The zero-order valence-electron chi connectivity index (χ0n) is 14.2.